The summed E-state index contributed by atoms with van der Waals surface area (Å²) in [6, 6.07) is 7.23. The smallest absolute Gasteiger partial charge is 0.332 e. The first-order chi connectivity index (χ1) is 9.47. The molecule has 20 heavy (non-hydrogen) atoms. The molecule has 6 heteroatoms. The van der Waals surface area contributed by atoms with E-state index in [1.165, 1.54) is 4.90 Å². The summed E-state index contributed by atoms with van der Waals surface area (Å²) in [4.78, 5) is 24.5. The maximum Gasteiger partial charge on any atom is 0.332 e. The predicted molar refractivity (Wildman–Crippen MR) is 73.5 cm³/mol. The fourth-order valence-electron chi connectivity index (χ4n) is 2.19. The van der Waals surface area contributed by atoms with Gasteiger partial charge >= 0.3 is 5.97 Å². The number of nitrogens with zero attached hydrogens (tertiary/aromatic N) is 1. The summed E-state index contributed by atoms with van der Waals surface area (Å²) >= 11 is 5.80. The molecule has 0 saturated carbocycles. The Hall–Kier alpha value is -1.59. The lowest BCUT2D eigenvalue weighted by Crippen LogP contribution is -2.36. The number of rotatable bonds is 4. The van der Waals surface area contributed by atoms with E-state index in [2.05, 4.69) is 0 Å². The molecule has 1 aromatic rings. The molecule has 1 aromatic carbocycles. The van der Waals surface area contributed by atoms with Gasteiger partial charge in [-0.25, -0.2) is 4.79 Å². The summed E-state index contributed by atoms with van der Waals surface area (Å²) < 4.78 is 5.25. The Kier molecular flexibility index (Phi) is 4.62. The van der Waals surface area contributed by atoms with Crippen LogP contribution in [0.5, 0.6) is 0 Å². The maximum atomic E-state index is 12.2. The van der Waals surface area contributed by atoms with Crippen molar-refractivity contribution in [2.24, 2.45) is 0 Å². The van der Waals surface area contributed by atoms with Gasteiger partial charge in [0.05, 0.1) is 0 Å². The van der Waals surface area contributed by atoms with E-state index in [4.69, 9.17) is 21.4 Å². The highest BCUT2D eigenvalue weighted by atomic mass is 35.5. The molecule has 1 saturated heterocycles. The molecule has 1 heterocycles. The number of carbonyl (C=O) groups excluding carboxylic acids is 1. The van der Waals surface area contributed by atoms with Crippen molar-refractivity contribution in [2.75, 3.05) is 7.05 Å². The summed E-state index contributed by atoms with van der Waals surface area (Å²) in [6.07, 6.45) is -0.706. The van der Waals surface area contributed by atoms with Gasteiger partial charge in [-0.2, -0.15) is 0 Å². The lowest BCUT2D eigenvalue weighted by Gasteiger charge is -2.21. The van der Waals surface area contributed by atoms with Crippen LogP contribution in [0.3, 0.4) is 0 Å². The topological polar surface area (TPSA) is 66.8 Å². The van der Waals surface area contributed by atoms with Crippen LogP contribution < -0.4 is 0 Å². The van der Waals surface area contributed by atoms with Gasteiger partial charge in [-0.05, 0) is 30.5 Å². The molecule has 1 N–H and O–H groups in total. The van der Waals surface area contributed by atoms with Crippen LogP contribution in [0, 0.1) is 0 Å². The van der Waals surface area contributed by atoms with Crippen LogP contribution in [-0.2, 0) is 20.9 Å². The molecule has 108 valence electrons. The zero-order valence-corrected chi connectivity index (χ0v) is 11.8. The van der Waals surface area contributed by atoms with Crippen molar-refractivity contribution in [1.82, 2.24) is 4.90 Å². The van der Waals surface area contributed by atoms with E-state index in [0.29, 0.717) is 24.4 Å². The molecule has 1 fully saturated rings. The molecule has 1 amide bonds. The maximum absolute atomic E-state index is 12.2. The number of likely N-dealkylation sites (N-methyl/N-ethyl adjacent to an activating group) is 1. The van der Waals surface area contributed by atoms with Gasteiger partial charge < -0.3 is 14.7 Å². The Labute approximate surface area is 122 Å². The monoisotopic (exact) mass is 297 g/mol. The molecule has 2 rings (SSSR count). The van der Waals surface area contributed by atoms with Crippen LogP contribution in [0.1, 0.15) is 18.4 Å². The van der Waals surface area contributed by atoms with Gasteiger partial charge in [0, 0.05) is 18.6 Å². The summed E-state index contributed by atoms with van der Waals surface area (Å²) in [5.74, 6) is -1.20. The molecule has 0 aliphatic carbocycles. The Bertz CT molecular complexity index is 502. The lowest BCUT2D eigenvalue weighted by atomic mass is 10.1. The number of ether oxygens (including phenoxy) is 1. The molecular weight excluding hydrogens is 282 g/mol. The Morgan fingerprint density at radius 2 is 1.90 bits per heavy atom. The molecule has 0 aromatic heterocycles. The van der Waals surface area contributed by atoms with Crippen LogP contribution in [0.4, 0.5) is 0 Å². The number of carbonyl (C=O) groups is 2. The quantitative estimate of drug-likeness (QED) is 0.922. The van der Waals surface area contributed by atoms with Gasteiger partial charge in [0.15, 0.2) is 6.10 Å². The predicted octanol–water partition coefficient (Wildman–Crippen LogP) is 1.93. The number of carboxylic acid groups (broad SMARTS) is 1. The van der Waals surface area contributed by atoms with Crippen molar-refractivity contribution in [3.8, 4) is 0 Å². The van der Waals surface area contributed by atoms with Crippen LogP contribution in [0.2, 0.25) is 5.02 Å². The average molecular weight is 298 g/mol. The average Bonchev–Trinajstić information content (AvgIpc) is 2.90. The summed E-state index contributed by atoms with van der Waals surface area (Å²) in [5.41, 5.74) is 0.957. The van der Waals surface area contributed by atoms with Crippen molar-refractivity contribution in [3.05, 3.63) is 34.9 Å². The van der Waals surface area contributed by atoms with Crippen molar-refractivity contribution >= 4 is 23.5 Å². The summed E-state index contributed by atoms with van der Waals surface area (Å²) in [6.45, 7) is 0.438. The minimum atomic E-state index is -1.01. The van der Waals surface area contributed by atoms with Crippen LogP contribution in [-0.4, -0.2) is 41.1 Å². The third kappa shape index (κ3) is 3.49. The first-order valence-electron chi connectivity index (χ1n) is 6.35. The highest BCUT2D eigenvalue weighted by molar-refractivity contribution is 6.30. The largest absolute Gasteiger partial charge is 0.479 e. The molecule has 2 unspecified atom stereocenters. The normalized spacial score (nSPS) is 21.7. The summed E-state index contributed by atoms with van der Waals surface area (Å²) in [7, 11) is 1.67. The Balaban J connectivity index is 1.92. The highest BCUT2D eigenvalue weighted by Crippen LogP contribution is 2.22. The first-order valence-corrected chi connectivity index (χ1v) is 6.73. The zero-order valence-electron chi connectivity index (χ0n) is 11.1. The summed E-state index contributed by atoms with van der Waals surface area (Å²) in [5, 5.41) is 9.49. The van der Waals surface area contributed by atoms with E-state index in [-0.39, 0.29) is 5.91 Å². The van der Waals surface area contributed by atoms with E-state index < -0.39 is 18.2 Å². The van der Waals surface area contributed by atoms with Crippen molar-refractivity contribution in [2.45, 2.75) is 31.6 Å². The molecule has 1 aliphatic rings. The van der Waals surface area contributed by atoms with E-state index in [9.17, 15) is 9.59 Å². The second-order valence-electron chi connectivity index (χ2n) is 4.85. The molecule has 0 radical (unpaired) electrons. The van der Waals surface area contributed by atoms with Gasteiger partial charge in [-0.1, -0.05) is 23.7 Å². The number of carboxylic acids is 1. The zero-order chi connectivity index (χ0) is 14.7. The van der Waals surface area contributed by atoms with Gasteiger partial charge in [0.2, 0.25) is 0 Å². The molecule has 0 spiro atoms. The molecule has 0 bridgehead atoms. The van der Waals surface area contributed by atoms with Gasteiger partial charge in [0.25, 0.3) is 5.91 Å². The van der Waals surface area contributed by atoms with Crippen molar-refractivity contribution < 1.29 is 19.4 Å². The minimum absolute atomic E-state index is 0.191. The Morgan fingerprint density at radius 3 is 2.45 bits per heavy atom. The van der Waals surface area contributed by atoms with Gasteiger partial charge in [-0.15, -0.1) is 0 Å². The first kappa shape index (κ1) is 14.8. The highest BCUT2D eigenvalue weighted by Gasteiger charge is 2.35. The van der Waals surface area contributed by atoms with Crippen LogP contribution in [0.25, 0.3) is 0 Å². The fourth-order valence-corrected chi connectivity index (χ4v) is 2.31. The van der Waals surface area contributed by atoms with Crippen LogP contribution in [0.15, 0.2) is 24.3 Å². The Morgan fingerprint density at radius 1 is 1.30 bits per heavy atom. The van der Waals surface area contributed by atoms with E-state index in [1.807, 2.05) is 12.1 Å². The number of hydrogen-bond donors (Lipinski definition) is 1. The third-order valence-electron chi connectivity index (χ3n) is 3.28. The number of amides is 1. The second-order valence-corrected chi connectivity index (χ2v) is 5.29. The number of aliphatic carboxylic acids is 1. The minimum Gasteiger partial charge on any atom is -0.479 e. The van der Waals surface area contributed by atoms with Crippen LogP contribution >= 0.6 is 11.6 Å². The number of benzene rings is 1. The second kappa shape index (κ2) is 6.24. The van der Waals surface area contributed by atoms with Gasteiger partial charge in [-0.3, -0.25) is 4.79 Å². The fraction of sp³-hybridized carbons (Fsp3) is 0.429. The standard InChI is InChI=1S/C14H16ClNO4/c1-16(8-9-2-4-10(15)5-3-9)13(17)11-6-7-12(20-11)14(18)19/h2-5,11-12H,6-8H2,1H3,(H,18,19). The number of hydrogen-bond acceptors (Lipinski definition) is 3. The number of halogens is 1. The van der Waals surface area contributed by atoms with Crippen molar-refractivity contribution in [1.29, 1.82) is 0 Å². The van der Waals surface area contributed by atoms with Crippen molar-refractivity contribution in [3.63, 3.8) is 0 Å². The van der Waals surface area contributed by atoms with Gasteiger partial charge in [0.1, 0.15) is 6.10 Å². The lowest BCUT2D eigenvalue weighted by molar-refractivity contribution is -0.154. The molecular formula is C14H16ClNO4. The molecule has 1 aliphatic heterocycles. The van der Waals surface area contributed by atoms with E-state index in [0.717, 1.165) is 5.56 Å². The van der Waals surface area contributed by atoms with E-state index in [1.54, 1.807) is 19.2 Å². The third-order valence-corrected chi connectivity index (χ3v) is 3.53. The molecule has 2 atom stereocenters. The molecule has 5 nitrogen and oxygen atoms in total. The van der Waals surface area contributed by atoms with E-state index >= 15 is 0 Å². The SMILES string of the molecule is CN(Cc1ccc(Cl)cc1)C(=O)C1CCC(C(=O)O)O1.